The van der Waals surface area contributed by atoms with E-state index in [2.05, 4.69) is 6.92 Å². The quantitative estimate of drug-likeness (QED) is 0.0976. The second-order valence-electron chi connectivity index (χ2n) is 9.60. The molecule has 0 unspecified atom stereocenters. The third kappa shape index (κ3) is 26.1. The van der Waals surface area contributed by atoms with Gasteiger partial charge in [-0.15, -0.1) is 0 Å². The lowest BCUT2D eigenvalue weighted by atomic mass is 10.0. The zero-order chi connectivity index (χ0) is 26.0. The molecule has 8 nitrogen and oxygen atoms in total. The van der Waals surface area contributed by atoms with E-state index < -0.39 is 24.9 Å². The molecule has 0 fully saturated rings. The Morgan fingerprint density at radius 3 is 1.37 bits per heavy atom. The molecular weight excluding hydrogens is 452 g/mol. The molecule has 0 bridgehead atoms. The fourth-order valence-electron chi connectivity index (χ4n) is 3.73. The van der Waals surface area contributed by atoms with E-state index in [9.17, 15) is 15.0 Å². The van der Waals surface area contributed by atoms with E-state index in [1.165, 1.54) is 77.0 Å². The van der Waals surface area contributed by atoms with Gasteiger partial charge in [-0.3, -0.25) is 4.79 Å². The van der Waals surface area contributed by atoms with Crippen molar-refractivity contribution in [3.8, 4) is 0 Å². The number of hydrogen-bond acceptors (Lipinski definition) is 8. The Bertz CT molecular complexity index is 449. The summed E-state index contributed by atoms with van der Waals surface area (Å²) in [5, 5.41) is 37.3. The molecule has 0 aromatic rings. The van der Waals surface area contributed by atoms with Crippen LogP contribution in [0.2, 0.25) is 0 Å². The number of aliphatic hydroxyl groups excluding tert-OH is 4. The van der Waals surface area contributed by atoms with E-state index >= 15 is 0 Å². The van der Waals surface area contributed by atoms with Crippen LogP contribution in [-0.4, -0.2) is 84.3 Å². The Labute approximate surface area is 213 Å². The van der Waals surface area contributed by atoms with Crippen LogP contribution < -0.4 is 0 Å². The van der Waals surface area contributed by atoms with Crippen LogP contribution in [0.5, 0.6) is 0 Å². The van der Waals surface area contributed by atoms with Crippen LogP contribution in [0.4, 0.5) is 0 Å². The van der Waals surface area contributed by atoms with Crippen molar-refractivity contribution in [2.45, 2.75) is 128 Å². The van der Waals surface area contributed by atoms with Gasteiger partial charge in [0.15, 0.2) is 0 Å². The Morgan fingerprint density at radius 2 is 0.943 bits per heavy atom. The summed E-state index contributed by atoms with van der Waals surface area (Å²) in [7, 11) is 0. The lowest BCUT2D eigenvalue weighted by Crippen LogP contribution is -2.29. The fraction of sp³-hybridized carbons (Fsp3) is 0.963. The molecule has 0 saturated heterocycles. The van der Waals surface area contributed by atoms with Gasteiger partial charge in [-0.1, -0.05) is 96.8 Å². The van der Waals surface area contributed by atoms with E-state index in [-0.39, 0.29) is 39.0 Å². The molecule has 210 valence electrons. The monoisotopic (exact) mass is 506 g/mol. The molecule has 0 heterocycles. The van der Waals surface area contributed by atoms with Crippen molar-refractivity contribution in [3.05, 3.63) is 0 Å². The number of rotatable bonds is 27. The number of hydrogen-bond donors (Lipinski definition) is 4. The maximum Gasteiger partial charge on any atom is 0.305 e. The first-order valence-corrected chi connectivity index (χ1v) is 14.0. The lowest BCUT2D eigenvalue weighted by Gasteiger charge is -2.15. The van der Waals surface area contributed by atoms with Gasteiger partial charge in [0.1, 0.15) is 24.9 Å². The zero-order valence-electron chi connectivity index (χ0n) is 22.2. The highest BCUT2D eigenvalue weighted by atomic mass is 16.6. The smallest absolute Gasteiger partial charge is 0.305 e. The Balaban J connectivity index is 3.39. The number of carbonyl (C=O) groups is 1. The van der Waals surface area contributed by atoms with Gasteiger partial charge in [-0.2, -0.15) is 0 Å². The van der Waals surface area contributed by atoms with Crippen molar-refractivity contribution < 1.29 is 39.4 Å². The minimum absolute atomic E-state index is 0.0542. The predicted octanol–water partition coefficient (Wildman–Crippen LogP) is 3.90. The maximum atomic E-state index is 11.8. The second-order valence-corrected chi connectivity index (χ2v) is 9.60. The highest BCUT2D eigenvalue weighted by molar-refractivity contribution is 5.69. The van der Waals surface area contributed by atoms with Crippen LogP contribution in [0.15, 0.2) is 0 Å². The summed E-state index contributed by atoms with van der Waals surface area (Å²) in [6.07, 6.45) is 16.7. The van der Waals surface area contributed by atoms with Crippen LogP contribution >= 0.6 is 0 Å². The predicted molar refractivity (Wildman–Crippen MR) is 137 cm³/mol. The molecule has 0 aromatic carbocycles. The third-order valence-corrected chi connectivity index (χ3v) is 5.87. The average Bonchev–Trinajstić information content (AvgIpc) is 2.85. The normalized spacial score (nSPS) is 14.1. The second kappa shape index (κ2) is 26.3. The molecule has 8 heteroatoms. The first-order valence-electron chi connectivity index (χ1n) is 14.0. The van der Waals surface area contributed by atoms with Gasteiger partial charge >= 0.3 is 5.97 Å². The summed E-state index contributed by atoms with van der Waals surface area (Å²) in [6, 6.07) is 0. The lowest BCUT2D eigenvalue weighted by molar-refractivity contribution is -0.148. The molecule has 0 spiro atoms. The molecule has 0 amide bonds. The van der Waals surface area contributed by atoms with Crippen molar-refractivity contribution in [2.24, 2.45) is 0 Å². The van der Waals surface area contributed by atoms with Gasteiger partial charge in [0.05, 0.1) is 33.0 Å². The van der Waals surface area contributed by atoms with Crippen molar-refractivity contribution in [3.63, 3.8) is 0 Å². The van der Waals surface area contributed by atoms with Crippen LogP contribution in [0.1, 0.15) is 110 Å². The third-order valence-electron chi connectivity index (χ3n) is 5.87. The largest absolute Gasteiger partial charge is 0.463 e. The number of aliphatic hydroxyl groups is 4. The molecule has 0 saturated carbocycles. The Hall–Kier alpha value is -0.770. The molecule has 0 radical (unpaired) electrons. The number of unbranched alkanes of at least 4 members (excludes halogenated alkanes) is 14. The molecule has 3 atom stereocenters. The summed E-state index contributed by atoms with van der Waals surface area (Å²) in [6.45, 7) is 1.46. The molecule has 35 heavy (non-hydrogen) atoms. The standard InChI is InChI=1S/C27H54O8/c1-2-3-4-5-6-7-8-9-10-11-12-13-14-15-16-17-27(32)35-23-26(31)22-34-21-25(30)20-33-19-24(29)18-28/h24-26,28-31H,2-23H2,1H3/t24-,25-,26-/m1/s1. The van der Waals surface area contributed by atoms with Crippen LogP contribution in [0, 0.1) is 0 Å². The topological polar surface area (TPSA) is 126 Å². The molecule has 0 rings (SSSR count). The Morgan fingerprint density at radius 1 is 0.571 bits per heavy atom. The number of ether oxygens (including phenoxy) is 3. The van der Waals surface area contributed by atoms with Gasteiger partial charge in [-0.25, -0.2) is 0 Å². The molecule has 0 aliphatic heterocycles. The summed E-state index contributed by atoms with van der Waals surface area (Å²) in [5.74, 6) is -0.311. The molecule has 0 aliphatic rings. The highest BCUT2D eigenvalue weighted by Gasteiger charge is 2.12. The van der Waals surface area contributed by atoms with E-state index in [1.54, 1.807) is 0 Å². The zero-order valence-corrected chi connectivity index (χ0v) is 22.2. The van der Waals surface area contributed by atoms with Gasteiger partial charge in [0.2, 0.25) is 0 Å². The van der Waals surface area contributed by atoms with Crippen LogP contribution in [0.3, 0.4) is 0 Å². The highest BCUT2D eigenvalue weighted by Crippen LogP contribution is 2.13. The fourth-order valence-corrected chi connectivity index (χ4v) is 3.73. The Kier molecular flexibility index (Phi) is 25.7. The molecular formula is C27H54O8. The van der Waals surface area contributed by atoms with Crippen molar-refractivity contribution in [2.75, 3.05) is 39.6 Å². The number of esters is 1. The number of carbonyl (C=O) groups excluding carboxylic acids is 1. The van der Waals surface area contributed by atoms with E-state index in [1.807, 2.05) is 0 Å². The molecule has 0 aromatic heterocycles. The minimum Gasteiger partial charge on any atom is -0.463 e. The van der Waals surface area contributed by atoms with Crippen molar-refractivity contribution in [1.29, 1.82) is 0 Å². The van der Waals surface area contributed by atoms with Crippen LogP contribution in [-0.2, 0) is 19.0 Å². The summed E-state index contributed by atoms with van der Waals surface area (Å²) < 4.78 is 15.3. The van der Waals surface area contributed by atoms with E-state index in [0.717, 1.165) is 19.3 Å². The van der Waals surface area contributed by atoms with E-state index in [4.69, 9.17) is 24.4 Å². The van der Waals surface area contributed by atoms with Gasteiger partial charge in [-0.05, 0) is 6.42 Å². The van der Waals surface area contributed by atoms with Gasteiger partial charge in [0.25, 0.3) is 0 Å². The molecule has 0 aliphatic carbocycles. The van der Waals surface area contributed by atoms with Crippen molar-refractivity contribution >= 4 is 5.97 Å². The van der Waals surface area contributed by atoms with Gasteiger partial charge < -0.3 is 34.6 Å². The summed E-state index contributed by atoms with van der Waals surface area (Å²) in [5.41, 5.74) is 0. The average molecular weight is 507 g/mol. The van der Waals surface area contributed by atoms with Crippen LogP contribution in [0.25, 0.3) is 0 Å². The first-order chi connectivity index (χ1) is 17.0. The molecule has 4 N–H and O–H groups in total. The SMILES string of the molecule is CCCCCCCCCCCCCCCCCC(=O)OC[C@H](O)COC[C@H](O)COC[C@H](O)CO. The first kappa shape index (κ1) is 34.2. The summed E-state index contributed by atoms with van der Waals surface area (Å²) >= 11 is 0. The minimum atomic E-state index is -0.978. The summed E-state index contributed by atoms with van der Waals surface area (Å²) in [4.78, 5) is 11.8. The van der Waals surface area contributed by atoms with Gasteiger partial charge in [0, 0.05) is 6.42 Å². The van der Waals surface area contributed by atoms with Crippen molar-refractivity contribution in [1.82, 2.24) is 0 Å². The van der Waals surface area contributed by atoms with E-state index in [0.29, 0.717) is 6.42 Å². The maximum absolute atomic E-state index is 11.8.